The van der Waals surface area contributed by atoms with Gasteiger partial charge >= 0.3 is 0 Å². The molecule has 1 heterocycles. The number of hydrogen-bond acceptors (Lipinski definition) is 2. The van der Waals surface area contributed by atoms with Crippen molar-refractivity contribution in [2.75, 3.05) is 5.88 Å². The minimum atomic E-state index is 0.0447. The van der Waals surface area contributed by atoms with Gasteiger partial charge in [0.25, 0.3) is 0 Å². The lowest BCUT2D eigenvalue weighted by molar-refractivity contribution is 0.102. The topological polar surface area (TPSA) is 21.6 Å². The number of halogens is 1. The number of oxime groups is 1. The predicted octanol–water partition coefficient (Wildman–Crippen LogP) is 3.04. The number of benzene rings is 1. The Balaban J connectivity index is 2.21. The van der Waals surface area contributed by atoms with Crippen molar-refractivity contribution in [2.45, 2.75) is 26.4 Å². The zero-order valence-electron chi connectivity index (χ0n) is 8.96. The zero-order chi connectivity index (χ0) is 10.8. The highest BCUT2D eigenvalue weighted by molar-refractivity contribution is 6.18. The first-order chi connectivity index (χ1) is 7.20. The number of alkyl halides is 1. The molecule has 0 N–H and O–H groups in total. The summed E-state index contributed by atoms with van der Waals surface area (Å²) in [4.78, 5) is 5.20. The molecule has 0 saturated heterocycles. The molecule has 0 spiro atoms. The first-order valence-corrected chi connectivity index (χ1v) is 5.60. The third kappa shape index (κ3) is 2.15. The Morgan fingerprint density at radius 2 is 2.20 bits per heavy atom. The van der Waals surface area contributed by atoms with Crippen molar-refractivity contribution in [2.24, 2.45) is 5.16 Å². The van der Waals surface area contributed by atoms with E-state index in [1.165, 1.54) is 11.1 Å². The van der Waals surface area contributed by atoms with Crippen LogP contribution in [0.3, 0.4) is 0 Å². The molecule has 1 atom stereocenters. The fraction of sp³-hybridized carbons (Fsp3) is 0.417. The molecule has 1 aromatic rings. The molecule has 0 radical (unpaired) electrons. The molecular formula is C12H14ClNO. The third-order valence-electron chi connectivity index (χ3n) is 2.75. The average Bonchev–Trinajstić information content (AvgIpc) is 2.70. The maximum atomic E-state index is 5.72. The molecule has 80 valence electrons. The molecule has 0 saturated carbocycles. The van der Waals surface area contributed by atoms with Crippen molar-refractivity contribution in [3.63, 3.8) is 0 Å². The van der Waals surface area contributed by atoms with Crippen LogP contribution >= 0.6 is 11.6 Å². The first-order valence-electron chi connectivity index (χ1n) is 5.07. The second kappa shape index (κ2) is 4.23. The van der Waals surface area contributed by atoms with Gasteiger partial charge in [0, 0.05) is 6.42 Å². The zero-order valence-corrected chi connectivity index (χ0v) is 9.71. The van der Waals surface area contributed by atoms with Gasteiger partial charge in [0.1, 0.15) is 6.10 Å². The van der Waals surface area contributed by atoms with E-state index in [9.17, 15) is 0 Å². The lowest BCUT2D eigenvalue weighted by atomic mass is 10.0. The number of aryl methyl sites for hydroxylation is 2. The summed E-state index contributed by atoms with van der Waals surface area (Å²) in [5.74, 6) is 0.498. The van der Waals surface area contributed by atoms with E-state index in [0.29, 0.717) is 5.88 Å². The van der Waals surface area contributed by atoms with E-state index in [-0.39, 0.29) is 6.10 Å². The van der Waals surface area contributed by atoms with E-state index < -0.39 is 0 Å². The fourth-order valence-corrected chi connectivity index (χ4v) is 1.77. The van der Waals surface area contributed by atoms with Crippen molar-refractivity contribution in [3.8, 4) is 0 Å². The van der Waals surface area contributed by atoms with Gasteiger partial charge in [-0.25, -0.2) is 0 Å². The Labute approximate surface area is 94.9 Å². The SMILES string of the molecule is Cc1ccc(C2=NOC(CCl)C2)cc1C. The summed E-state index contributed by atoms with van der Waals surface area (Å²) in [6, 6.07) is 6.34. The van der Waals surface area contributed by atoms with Gasteiger partial charge in [0.2, 0.25) is 0 Å². The first kappa shape index (κ1) is 10.5. The second-order valence-electron chi connectivity index (χ2n) is 3.92. The molecule has 0 aliphatic carbocycles. The van der Waals surface area contributed by atoms with Crippen molar-refractivity contribution in [1.82, 2.24) is 0 Å². The van der Waals surface area contributed by atoms with Gasteiger partial charge < -0.3 is 4.84 Å². The minimum Gasteiger partial charge on any atom is -0.391 e. The van der Waals surface area contributed by atoms with Crippen LogP contribution in [0.2, 0.25) is 0 Å². The molecule has 1 aromatic carbocycles. The summed E-state index contributed by atoms with van der Waals surface area (Å²) in [5.41, 5.74) is 4.73. The Morgan fingerprint density at radius 1 is 1.40 bits per heavy atom. The molecule has 1 aliphatic heterocycles. The highest BCUT2D eigenvalue weighted by atomic mass is 35.5. The molecule has 1 unspecified atom stereocenters. The molecule has 2 rings (SSSR count). The predicted molar refractivity (Wildman–Crippen MR) is 62.7 cm³/mol. The Kier molecular flexibility index (Phi) is 2.96. The fourth-order valence-electron chi connectivity index (χ4n) is 1.60. The van der Waals surface area contributed by atoms with Crippen LogP contribution in [0.15, 0.2) is 23.4 Å². The van der Waals surface area contributed by atoms with Crippen LogP contribution in [0, 0.1) is 13.8 Å². The van der Waals surface area contributed by atoms with Crippen molar-refractivity contribution in [1.29, 1.82) is 0 Å². The average molecular weight is 224 g/mol. The van der Waals surface area contributed by atoms with E-state index in [4.69, 9.17) is 16.4 Å². The summed E-state index contributed by atoms with van der Waals surface area (Å²) in [7, 11) is 0. The lowest BCUT2D eigenvalue weighted by Crippen LogP contribution is -2.09. The van der Waals surface area contributed by atoms with Crippen molar-refractivity contribution in [3.05, 3.63) is 34.9 Å². The molecule has 0 bridgehead atoms. The normalized spacial score (nSPS) is 19.9. The number of rotatable bonds is 2. The van der Waals surface area contributed by atoms with E-state index in [0.717, 1.165) is 17.7 Å². The van der Waals surface area contributed by atoms with E-state index in [1.54, 1.807) is 0 Å². The Morgan fingerprint density at radius 3 is 2.80 bits per heavy atom. The van der Waals surface area contributed by atoms with Crippen LogP contribution < -0.4 is 0 Å². The third-order valence-corrected chi connectivity index (χ3v) is 3.09. The van der Waals surface area contributed by atoms with Crippen molar-refractivity contribution >= 4 is 17.3 Å². The summed E-state index contributed by atoms with van der Waals surface area (Å²) < 4.78 is 0. The van der Waals surface area contributed by atoms with Gasteiger partial charge in [-0.05, 0) is 36.6 Å². The van der Waals surface area contributed by atoms with Gasteiger partial charge in [-0.1, -0.05) is 17.3 Å². The van der Waals surface area contributed by atoms with Gasteiger partial charge in [-0.15, -0.1) is 11.6 Å². The van der Waals surface area contributed by atoms with Gasteiger partial charge in [0.05, 0.1) is 11.6 Å². The molecule has 1 aliphatic rings. The minimum absolute atomic E-state index is 0.0447. The van der Waals surface area contributed by atoms with Crippen molar-refractivity contribution < 1.29 is 4.84 Å². The smallest absolute Gasteiger partial charge is 0.146 e. The van der Waals surface area contributed by atoms with E-state index in [1.807, 2.05) is 0 Å². The molecule has 0 amide bonds. The molecule has 0 fully saturated rings. The molecule has 0 aromatic heterocycles. The van der Waals surface area contributed by atoms with Gasteiger partial charge in [-0.3, -0.25) is 0 Å². The van der Waals surface area contributed by atoms with Crippen LogP contribution in [-0.2, 0) is 4.84 Å². The van der Waals surface area contributed by atoms with E-state index >= 15 is 0 Å². The lowest BCUT2D eigenvalue weighted by Gasteiger charge is -2.04. The molecule has 3 heteroatoms. The van der Waals surface area contributed by atoms with Gasteiger partial charge in [-0.2, -0.15) is 0 Å². The Hall–Kier alpha value is -1.02. The summed E-state index contributed by atoms with van der Waals surface area (Å²) in [6.45, 7) is 4.21. The van der Waals surface area contributed by atoms with Crippen LogP contribution in [-0.4, -0.2) is 17.7 Å². The van der Waals surface area contributed by atoms with Gasteiger partial charge in [0.15, 0.2) is 0 Å². The quantitative estimate of drug-likeness (QED) is 0.707. The highest BCUT2D eigenvalue weighted by Crippen LogP contribution is 2.19. The maximum Gasteiger partial charge on any atom is 0.146 e. The largest absolute Gasteiger partial charge is 0.391 e. The molecule has 2 nitrogen and oxygen atoms in total. The summed E-state index contributed by atoms with van der Waals surface area (Å²) >= 11 is 5.72. The maximum absolute atomic E-state index is 5.72. The molecule has 15 heavy (non-hydrogen) atoms. The number of nitrogens with zero attached hydrogens (tertiary/aromatic N) is 1. The highest BCUT2D eigenvalue weighted by Gasteiger charge is 2.21. The number of hydrogen-bond donors (Lipinski definition) is 0. The van der Waals surface area contributed by atoms with Crippen LogP contribution in [0.25, 0.3) is 0 Å². The van der Waals surface area contributed by atoms with Crippen LogP contribution in [0.1, 0.15) is 23.1 Å². The monoisotopic (exact) mass is 223 g/mol. The van der Waals surface area contributed by atoms with Crippen LogP contribution in [0.4, 0.5) is 0 Å². The molecular weight excluding hydrogens is 210 g/mol. The second-order valence-corrected chi connectivity index (χ2v) is 4.23. The van der Waals surface area contributed by atoms with Crippen LogP contribution in [0.5, 0.6) is 0 Å². The Bertz CT molecular complexity index is 401. The summed E-state index contributed by atoms with van der Waals surface area (Å²) in [5, 5.41) is 4.06. The standard InChI is InChI=1S/C12H14ClNO/c1-8-3-4-10(5-9(8)2)12-6-11(7-13)15-14-12/h3-5,11H,6-7H2,1-2H3. The van der Waals surface area contributed by atoms with E-state index in [2.05, 4.69) is 37.2 Å². The summed E-state index contributed by atoms with van der Waals surface area (Å²) in [6.07, 6.45) is 0.856.